The van der Waals surface area contributed by atoms with Gasteiger partial charge in [-0.3, -0.25) is 4.79 Å². The van der Waals surface area contributed by atoms with Crippen LogP contribution in [0.3, 0.4) is 0 Å². The second-order valence-electron chi connectivity index (χ2n) is 8.08. The third-order valence-electron chi connectivity index (χ3n) is 5.46. The Kier molecular flexibility index (Phi) is 7.98. The summed E-state index contributed by atoms with van der Waals surface area (Å²) in [7, 11) is 2.79. The van der Waals surface area contributed by atoms with E-state index in [1.807, 2.05) is 0 Å². The number of halogens is 3. The molecule has 0 unspecified atom stereocenters. The van der Waals surface area contributed by atoms with Gasteiger partial charge in [0.15, 0.2) is 0 Å². The fraction of sp³-hybridized carbons (Fsp3) is 0.179. The van der Waals surface area contributed by atoms with Crippen molar-refractivity contribution in [3.05, 3.63) is 87.8 Å². The molecule has 0 saturated heterocycles. The number of hydrogen-bond donors (Lipinski definition) is 0. The highest BCUT2D eigenvalue weighted by Gasteiger charge is 2.40. The lowest BCUT2D eigenvalue weighted by atomic mass is 10.1. The molecule has 1 aromatic heterocycles. The van der Waals surface area contributed by atoms with Crippen molar-refractivity contribution in [1.82, 2.24) is 0 Å². The van der Waals surface area contributed by atoms with E-state index in [9.17, 15) is 27.6 Å². The van der Waals surface area contributed by atoms with Crippen LogP contribution in [0.15, 0.2) is 69.9 Å². The van der Waals surface area contributed by atoms with Crippen LogP contribution in [0.4, 0.5) is 13.2 Å². The summed E-state index contributed by atoms with van der Waals surface area (Å²) in [5.41, 5.74) is -1.41. The zero-order valence-electron chi connectivity index (χ0n) is 21.3. The highest BCUT2D eigenvalue weighted by molar-refractivity contribution is 5.92. The molecule has 0 aliphatic carbocycles. The molecule has 4 rings (SSSR count). The topological polar surface area (TPSA) is 110 Å². The van der Waals surface area contributed by atoms with E-state index in [4.69, 9.17) is 28.1 Å². The molecule has 0 amide bonds. The van der Waals surface area contributed by atoms with Gasteiger partial charge in [-0.15, -0.1) is 0 Å². The minimum Gasteiger partial charge on any atom is -0.497 e. The summed E-state index contributed by atoms with van der Waals surface area (Å²) >= 11 is 0. The first-order valence-corrected chi connectivity index (χ1v) is 11.6. The van der Waals surface area contributed by atoms with Crippen LogP contribution in [0.5, 0.6) is 28.7 Å². The molecule has 0 atom stereocenters. The fourth-order valence-electron chi connectivity index (χ4n) is 3.58. The van der Waals surface area contributed by atoms with Crippen molar-refractivity contribution in [2.45, 2.75) is 13.1 Å². The maximum Gasteiger partial charge on any atom is 0.453 e. The number of fused-ring (bicyclic) bond motifs is 1. The second-order valence-corrected chi connectivity index (χ2v) is 8.08. The van der Waals surface area contributed by atoms with Crippen LogP contribution in [-0.4, -0.2) is 32.8 Å². The first-order valence-electron chi connectivity index (χ1n) is 11.6. The summed E-state index contributed by atoms with van der Waals surface area (Å²) in [6, 6.07) is 12.6. The molecule has 0 aliphatic rings. The molecule has 0 radical (unpaired) electrons. The van der Waals surface area contributed by atoms with Crippen molar-refractivity contribution in [2.75, 3.05) is 20.8 Å². The Morgan fingerprint density at radius 1 is 0.800 bits per heavy atom. The van der Waals surface area contributed by atoms with E-state index in [2.05, 4.69) is 0 Å². The van der Waals surface area contributed by atoms with Crippen LogP contribution >= 0.6 is 0 Å². The van der Waals surface area contributed by atoms with Gasteiger partial charge in [-0.25, -0.2) is 9.59 Å². The Balaban J connectivity index is 1.68. The molecule has 208 valence electrons. The Morgan fingerprint density at radius 2 is 1.43 bits per heavy atom. The SMILES string of the molecule is CCOC(=O)c1ccc(Oc2c(C(F)(F)F)oc3cc(OC(=O)c4cc(OC)cc(OC)c4)ccc3c2=O)cc1. The monoisotopic (exact) mass is 558 g/mol. The molecular formula is C28H21F3O9. The first kappa shape index (κ1) is 28.0. The number of esters is 2. The molecule has 3 aromatic carbocycles. The molecule has 12 heteroatoms. The first-order chi connectivity index (χ1) is 19.0. The van der Waals surface area contributed by atoms with Gasteiger partial charge in [0.05, 0.1) is 37.3 Å². The van der Waals surface area contributed by atoms with Gasteiger partial charge in [0.2, 0.25) is 11.2 Å². The van der Waals surface area contributed by atoms with E-state index in [1.54, 1.807) is 6.92 Å². The number of ether oxygens (including phenoxy) is 5. The standard InChI is InChI=1S/C28H21F3O9/c1-4-37-26(33)15-5-7-17(8-6-15)38-24-23(32)21-10-9-18(14-22(21)40-25(24)28(29,30)31)39-27(34)16-11-19(35-2)13-20(12-16)36-3/h5-14H,4H2,1-3H3. The summed E-state index contributed by atoms with van der Waals surface area (Å²) in [6.45, 7) is 1.76. The van der Waals surface area contributed by atoms with Gasteiger partial charge in [-0.05, 0) is 55.5 Å². The summed E-state index contributed by atoms with van der Waals surface area (Å²) in [5.74, 6) is -3.98. The maximum absolute atomic E-state index is 13.9. The number of hydrogen-bond acceptors (Lipinski definition) is 9. The van der Waals surface area contributed by atoms with Crippen molar-refractivity contribution >= 4 is 22.9 Å². The summed E-state index contributed by atoms with van der Waals surface area (Å²) < 4.78 is 72.4. The lowest BCUT2D eigenvalue weighted by molar-refractivity contribution is -0.154. The van der Waals surface area contributed by atoms with E-state index >= 15 is 0 Å². The van der Waals surface area contributed by atoms with Gasteiger partial charge in [0, 0.05) is 12.1 Å². The minimum absolute atomic E-state index is 0.0476. The largest absolute Gasteiger partial charge is 0.497 e. The lowest BCUT2D eigenvalue weighted by Gasteiger charge is -2.14. The average molecular weight is 558 g/mol. The van der Waals surface area contributed by atoms with Crippen LogP contribution < -0.4 is 24.4 Å². The number of alkyl halides is 3. The smallest absolute Gasteiger partial charge is 0.453 e. The Labute approximate surface area is 224 Å². The highest BCUT2D eigenvalue weighted by Crippen LogP contribution is 2.39. The van der Waals surface area contributed by atoms with Crippen molar-refractivity contribution in [1.29, 1.82) is 0 Å². The molecule has 4 aromatic rings. The lowest BCUT2D eigenvalue weighted by Crippen LogP contribution is -2.16. The number of benzene rings is 3. The van der Waals surface area contributed by atoms with Gasteiger partial charge in [-0.2, -0.15) is 13.2 Å². The van der Waals surface area contributed by atoms with Crippen LogP contribution in [0.2, 0.25) is 0 Å². The molecule has 0 fully saturated rings. The van der Waals surface area contributed by atoms with Crippen molar-refractivity contribution in [2.24, 2.45) is 0 Å². The molecule has 0 bridgehead atoms. The zero-order valence-corrected chi connectivity index (χ0v) is 21.3. The molecule has 40 heavy (non-hydrogen) atoms. The number of carbonyl (C=O) groups is 2. The van der Waals surface area contributed by atoms with Gasteiger partial charge >= 0.3 is 18.1 Å². The van der Waals surface area contributed by atoms with Crippen molar-refractivity contribution in [3.8, 4) is 28.7 Å². The number of carbonyl (C=O) groups excluding carboxylic acids is 2. The van der Waals surface area contributed by atoms with E-state index < -0.39 is 40.6 Å². The van der Waals surface area contributed by atoms with Crippen LogP contribution in [-0.2, 0) is 10.9 Å². The normalized spacial score (nSPS) is 11.2. The highest BCUT2D eigenvalue weighted by atomic mass is 19.4. The molecule has 0 N–H and O–H groups in total. The van der Waals surface area contributed by atoms with Crippen molar-refractivity contribution in [3.63, 3.8) is 0 Å². The summed E-state index contributed by atoms with van der Waals surface area (Å²) in [4.78, 5) is 37.6. The van der Waals surface area contributed by atoms with E-state index in [-0.39, 0.29) is 34.6 Å². The molecule has 0 saturated carbocycles. The molecular weight excluding hydrogens is 537 g/mol. The molecule has 0 aliphatic heterocycles. The fourth-order valence-corrected chi connectivity index (χ4v) is 3.58. The van der Waals surface area contributed by atoms with Crippen LogP contribution in [0.1, 0.15) is 33.4 Å². The summed E-state index contributed by atoms with van der Waals surface area (Å²) in [6.07, 6.45) is -5.11. The Bertz CT molecular complexity index is 1600. The average Bonchev–Trinajstić information content (AvgIpc) is 2.93. The predicted octanol–water partition coefficient (Wildman–Crippen LogP) is 6.02. The van der Waals surface area contributed by atoms with Gasteiger partial charge < -0.3 is 28.1 Å². The third kappa shape index (κ3) is 6.01. The maximum atomic E-state index is 13.9. The van der Waals surface area contributed by atoms with Crippen LogP contribution in [0.25, 0.3) is 11.0 Å². The Morgan fingerprint density at radius 3 is 2.00 bits per heavy atom. The quantitative estimate of drug-likeness (QED) is 0.189. The van der Waals surface area contributed by atoms with Gasteiger partial charge in [-0.1, -0.05) is 0 Å². The predicted molar refractivity (Wildman–Crippen MR) is 134 cm³/mol. The molecule has 1 heterocycles. The van der Waals surface area contributed by atoms with Gasteiger partial charge in [0.1, 0.15) is 28.6 Å². The minimum atomic E-state index is -5.11. The zero-order chi connectivity index (χ0) is 29.0. The number of methoxy groups -OCH3 is 2. The Hall–Kier alpha value is -5.00. The number of rotatable bonds is 8. The van der Waals surface area contributed by atoms with E-state index in [1.165, 1.54) is 62.8 Å². The third-order valence-corrected chi connectivity index (χ3v) is 5.46. The van der Waals surface area contributed by atoms with Gasteiger partial charge in [0.25, 0.3) is 5.76 Å². The molecule has 9 nitrogen and oxygen atoms in total. The second kappa shape index (κ2) is 11.4. The van der Waals surface area contributed by atoms with Crippen molar-refractivity contribution < 1.29 is 50.9 Å². The van der Waals surface area contributed by atoms with Crippen LogP contribution in [0, 0.1) is 0 Å². The van der Waals surface area contributed by atoms with E-state index in [0.717, 1.165) is 12.1 Å². The summed E-state index contributed by atoms with van der Waals surface area (Å²) in [5, 5.41) is -0.256. The van der Waals surface area contributed by atoms with E-state index in [0.29, 0.717) is 11.5 Å². The molecule has 0 spiro atoms.